The highest BCUT2D eigenvalue weighted by molar-refractivity contribution is 7.17. The molecule has 18 heavy (non-hydrogen) atoms. The normalized spacial score (nSPS) is 10.6. The van der Waals surface area contributed by atoms with E-state index in [0.717, 1.165) is 11.3 Å². The molecule has 0 unspecified atom stereocenters. The number of aromatic carboxylic acids is 1. The summed E-state index contributed by atoms with van der Waals surface area (Å²) in [5.41, 5.74) is 0.691. The Kier molecular flexibility index (Phi) is 3.63. The zero-order chi connectivity index (χ0) is 13.3. The Morgan fingerprint density at radius 3 is 2.83 bits per heavy atom. The van der Waals surface area contributed by atoms with Crippen LogP contribution >= 0.6 is 22.9 Å². The lowest BCUT2D eigenvalue weighted by Crippen LogP contribution is -1.97. The summed E-state index contributed by atoms with van der Waals surface area (Å²) in [6.07, 6.45) is 0.486. The molecule has 1 aromatic heterocycles. The molecule has 0 aliphatic carbocycles. The van der Waals surface area contributed by atoms with Gasteiger partial charge in [-0.1, -0.05) is 18.5 Å². The molecule has 0 saturated heterocycles. The minimum Gasteiger partial charge on any atom is -0.477 e. The van der Waals surface area contributed by atoms with Crippen molar-refractivity contribution >= 4 is 28.9 Å². The number of rotatable bonds is 3. The van der Waals surface area contributed by atoms with Gasteiger partial charge in [-0.15, -0.1) is 11.3 Å². The molecule has 3 nitrogen and oxygen atoms in total. The molecule has 0 amide bonds. The van der Waals surface area contributed by atoms with Crippen molar-refractivity contribution in [3.8, 4) is 10.6 Å². The van der Waals surface area contributed by atoms with Gasteiger partial charge in [-0.25, -0.2) is 14.2 Å². The summed E-state index contributed by atoms with van der Waals surface area (Å²) in [4.78, 5) is 15.3. The zero-order valence-corrected chi connectivity index (χ0v) is 11.0. The fourth-order valence-electron chi connectivity index (χ4n) is 1.54. The third-order valence-corrected chi connectivity index (χ3v) is 3.74. The van der Waals surface area contributed by atoms with Gasteiger partial charge in [0.25, 0.3) is 0 Å². The monoisotopic (exact) mass is 285 g/mol. The molecule has 0 radical (unpaired) electrons. The topological polar surface area (TPSA) is 50.2 Å². The largest absolute Gasteiger partial charge is 0.477 e. The highest BCUT2D eigenvalue weighted by atomic mass is 35.5. The van der Waals surface area contributed by atoms with Crippen molar-refractivity contribution in [2.75, 3.05) is 0 Å². The van der Waals surface area contributed by atoms with Crippen LogP contribution in [-0.4, -0.2) is 16.1 Å². The number of aromatic nitrogens is 1. The highest BCUT2D eigenvalue weighted by Gasteiger charge is 2.18. The van der Waals surface area contributed by atoms with E-state index < -0.39 is 11.8 Å². The molecule has 0 aliphatic rings. The van der Waals surface area contributed by atoms with E-state index in [4.69, 9.17) is 16.7 Å². The summed E-state index contributed by atoms with van der Waals surface area (Å²) in [5, 5.41) is 9.75. The van der Waals surface area contributed by atoms with E-state index in [1.807, 2.05) is 0 Å². The lowest BCUT2D eigenvalue weighted by atomic mass is 10.2. The number of benzene rings is 1. The number of carboxylic acid groups (broad SMARTS) is 1. The maximum Gasteiger partial charge on any atom is 0.347 e. The Labute approximate surface area is 112 Å². The quantitative estimate of drug-likeness (QED) is 0.931. The number of carbonyl (C=O) groups is 1. The number of hydrogen-bond donors (Lipinski definition) is 1. The average Bonchev–Trinajstić information content (AvgIpc) is 2.76. The van der Waals surface area contributed by atoms with E-state index in [0.29, 0.717) is 22.1 Å². The first kappa shape index (κ1) is 13.0. The van der Waals surface area contributed by atoms with Gasteiger partial charge in [-0.2, -0.15) is 0 Å². The van der Waals surface area contributed by atoms with Crippen molar-refractivity contribution in [2.24, 2.45) is 0 Å². The van der Waals surface area contributed by atoms with E-state index in [1.54, 1.807) is 6.92 Å². The second-order valence-corrected chi connectivity index (χ2v) is 5.01. The van der Waals surface area contributed by atoms with E-state index in [-0.39, 0.29) is 10.4 Å². The third kappa shape index (κ3) is 2.37. The van der Waals surface area contributed by atoms with E-state index in [1.165, 1.54) is 18.2 Å². The summed E-state index contributed by atoms with van der Waals surface area (Å²) in [5.74, 6) is -1.51. The molecule has 94 valence electrons. The molecule has 1 heterocycles. The molecule has 6 heteroatoms. The van der Waals surface area contributed by atoms with Gasteiger partial charge in [0.15, 0.2) is 0 Å². The molecular weight excluding hydrogens is 277 g/mol. The summed E-state index contributed by atoms with van der Waals surface area (Å²) in [6.45, 7) is 1.81. The minimum absolute atomic E-state index is 0.145. The van der Waals surface area contributed by atoms with Crippen LogP contribution in [0.15, 0.2) is 18.2 Å². The Balaban J connectivity index is 2.57. The number of carboxylic acids is 1. The predicted octanol–water partition coefficient (Wildman–Crippen LogP) is 3.86. The van der Waals surface area contributed by atoms with Gasteiger partial charge in [-0.05, 0) is 24.6 Å². The van der Waals surface area contributed by atoms with Gasteiger partial charge in [0.2, 0.25) is 0 Å². The molecule has 0 saturated carbocycles. The van der Waals surface area contributed by atoms with Gasteiger partial charge >= 0.3 is 5.97 Å². The first-order valence-electron chi connectivity index (χ1n) is 5.21. The van der Waals surface area contributed by atoms with Gasteiger partial charge in [0, 0.05) is 10.6 Å². The average molecular weight is 286 g/mol. The van der Waals surface area contributed by atoms with Crippen molar-refractivity contribution in [2.45, 2.75) is 13.3 Å². The van der Waals surface area contributed by atoms with Gasteiger partial charge < -0.3 is 5.11 Å². The standard InChI is InChI=1S/C12H9ClFNO2S/c1-2-9-10(12(16)17)18-11(15-9)7-5-6(13)3-4-8(7)14/h3-5H,2H2,1H3,(H,16,17). The second kappa shape index (κ2) is 5.04. The van der Waals surface area contributed by atoms with E-state index >= 15 is 0 Å². The summed E-state index contributed by atoms with van der Waals surface area (Å²) >= 11 is 6.76. The molecule has 2 aromatic rings. The number of thiazole rings is 1. The Morgan fingerprint density at radius 2 is 2.28 bits per heavy atom. The summed E-state index contributed by atoms with van der Waals surface area (Å²) in [6, 6.07) is 4.12. The molecule has 2 rings (SSSR count). The Hall–Kier alpha value is -1.46. The van der Waals surface area contributed by atoms with Crippen LogP contribution < -0.4 is 0 Å². The van der Waals surface area contributed by atoms with E-state index in [9.17, 15) is 9.18 Å². The fourth-order valence-corrected chi connectivity index (χ4v) is 2.72. The molecule has 1 N–H and O–H groups in total. The fraction of sp³-hybridized carbons (Fsp3) is 0.167. The van der Waals surface area contributed by atoms with Crippen LogP contribution in [0, 0.1) is 5.82 Å². The van der Waals surface area contributed by atoms with Crippen LogP contribution in [0.3, 0.4) is 0 Å². The third-order valence-electron chi connectivity index (χ3n) is 2.39. The number of halogens is 2. The SMILES string of the molecule is CCc1nc(-c2cc(Cl)ccc2F)sc1C(=O)O. The van der Waals surface area contributed by atoms with Crippen LogP contribution in [0.5, 0.6) is 0 Å². The van der Waals surface area contributed by atoms with Crippen LogP contribution in [0.25, 0.3) is 10.6 Å². The van der Waals surface area contributed by atoms with Gasteiger partial charge in [-0.3, -0.25) is 0 Å². The zero-order valence-electron chi connectivity index (χ0n) is 9.41. The molecule has 1 aromatic carbocycles. The summed E-state index contributed by atoms with van der Waals surface area (Å²) < 4.78 is 13.7. The van der Waals surface area contributed by atoms with Gasteiger partial charge in [0.05, 0.1) is 5.69 Å². The number of hydrogen-bond acceptors (Lipinski definition) is 3. The van der Waals surface area contributed by atoms with Crippen molar-refractivity contribution in [3.05, 3.63) is 39.6 Å². The lowest BCUT2D eigenvalue weighted by molar-refractivity contribution is 0.0701. The van der Waals surface area contributed by atoms with Crippen molar-refractivity contribution < 1.29 is 14.3 Å². The van der Waals surface area contributed by atoms with Gasteiger partial charge in [0.1, 0.15) is 15.7 Å². The smallest absolute Gasteiger partial charge is 0.347 e. The number of aryl methyl sites for hydroxylation is 1. The molecular formula is C12H9ClFNO2S. The molecule has 0 atom stereocenters. The highest BCUT2D eigenvalue weighted by Crippen LogP contribution is 2.31. The van der Waals surface area contributed by atoms with Crippen LogP contribution in [-0.2, 0) is 6.42 Å². The van der Waals surface area contributed by atoms with Crippen LogP contribution in [0.4, 0.5) is 4.39 Å². The number of nitrogens with zero attached hydrogens (tertiary/aromatic N) is 1. The Morgan fingerprint density at radius 1 is 1.56 bits per heavy atom. The minimum atomic E-state index is -1.04. The summed E-state index contributed by atoms with van der Waals surface area (Å²) in [7, 11) is 0. The molecule has 0 spiro atoms. The van der Waals surface area contributed by atoms with Crippen LogP contribution in [0.2, 0.25) is 5.02 Å². The van der Waals surface area contributed by atoms with Crippen molar-refractivity contribution in [3.63, 3.8) is 0 Å². The molecule has 0 fully saturated rings. The lowest BCUT2D eigenvalue weighted by Gasteiger charge is -1.99. The maximum absolute atomic E-state index is 13.7. The van der Waals surface area contributed by atoms with Crippen molar-refractivity contribution in [1.29, 1.82) is 0 Å². The van der Waals surface area contributed by atoms with Crippen molar-refractivity contribution in [1.82, 2.24) is 4.98 Å². The molecule has 0 bridgehead atoms. The maximum atomic E-state index is 13.7. The Bertz CT molecular complexity index is 612. The predicted molar refractivity (Wildman–Crippen MR) is 68.9 cm³/mol. The molecule has 0 aliphatic heterocycles. The second-order valence-electron chi connectivity index (χ2n) is 3.58. The first-order valence-corrected chi connectivity index (χ1v) is 6.40. The first-order chi connectivity index (χ1) is 8.52. The van der Waals surface area contributed by atoms with Crippen LogP contribution in [0.1, 0.15) is 22.3 Å². The van der Waals surface area contributed by atoms with E-state index in [2.05, 4.69) is 4.98 Å².